The maximum absolute atomic E-state index is 5.50. The van der Waals surface area contributed by atoms with Gasteiger partial charge in [-0.15, -0.1) is 0 Å². The molecule has 0 amide bonds. The highest BCUT2D eigenvalue weighted by atomic mass is 79.9. The normalized spacial score (nSPS) is 13.9. The van der Waals surface area contributed by atoms with Crippen LogP contribution in [0, 0.1) is 0 Å². The van der Waals surface area contributed by atoms with Crippen LogP contribution in [0.3, 0.4) is 0 Å². The lowest BCUT2D eigenvalue weighted by Gasteiger charge is -2.06. The zero-order chi connectivity index (χ0) is 9.97. The molecule has 76 valence electrons. The Morgan fingerprint density at radius 3 is 3.14 bits per heavy atom. The first kappa shape index (κ1) is 10.3. The van der Waals surface area contributed by atoms with Crippen molar-refractivity contribution in [2.75, 3.05) is 13.2 Å². The summed E-state index contributed by atoms with van der Waals surface area (Å²) in [5.74, 6) is 1.01. The van der Waals surface area contributed by atoms with Gasteiger partial charge in [-0.3, -0.25) is 0 Å². The number of hydrogen-bond donors (Lipinski definition) is 1. The maximum atomic E-state index is 5.50. The zero-order valence-corrected chi connectivity index (χ0v) is 9.99. The largest absolute Gasteiger partial charge is 0.492 e. The first-order valence-electron chi connectivity index (χ1n) is 4.59. The van der Waals surface area contributed by atoms with E-state index in [-0.39, 0.29) is 0 Å². The molecule has 1 heterocycles. The molecule has 1 aliphatic rings. The summed E-state index contributed by atoms with van der Waals surface area (Å²) in [6.45, 7) is 1.58. The van der Waals surface area contributed by atoms with Crippen LogP contribution >= 0.6 is 27.7 Å². The third-order valence-corrected chi connectivity index (χ3v) is 3.08. The average molecular weight is 277 g/mol. The van der Waals surface area contributed by atoms with Crippen LogP contribution in [-0.2, 0) is 12.8 Å². The molecule has 0 fully saturated rings. The van der Waals surface area contributed by atoms with E-state index in [1.807, 2.05) is 0 Å². The van der Waals surface area contributed by atoms with Gasteiger partial charge in [-0.05, 0) is 51.3 Å². The van der Waals surface area contributed by atoms with E-state index in [2.05, 4.69) is 32.9 Å². The number of hydrogen-bond acceptors (Lipinski definition) is 2. The average Bonchev–Trinajstić information content (AvgIpc) is 2.63. The number of rotatable bonds is 3. The molecular weight excluding hydrogens is 265 g/mol. The smallest absolute Gasteiger partial charge is 0.136 e. The molecule has 0 bridgehead atoms. The minimum Gasteiger partial charge on any atom is -0.492 e. The van der Waals surface area contributed by atoms with Crippen molar-refractivity contribution in [2.45, 2.75) is 12.8 Å². The molecule has 0 radical (unpaired) electrons. The summed E-state index contributed by atoms with van der Waals surface area (Å²) in [5.41, 5.74) is 2.58. The molecule has 0 saturated heterocycles. The Morgan fingerprint density at radius 2 is 2.36 bits per heavy atom. The molecule has 0 unspecified atom stereocenters. The van der Waals surface area contributed by atoms with Crippen molar-refractivity contribution >= 4 is 27.7 Å². The monoisotopic (exact) mass is 275 g/mol. The molecule has 0 atom stereocenters. The summed E-state index contributed by atoms with van der Waals surface area (Å²) < 4.78 is 6.55. The van der Waals surface area contributed by atoms with Crippen LogP contribution in [0.1, 0.15) is 11.1 Å². The topological polar surface area (TPSA) is 21.3 Å². The van der Waals surface area contributed by atoms with Crippen LogP contribution < -0.4 is 9.57 Å². The Labute approximate surface area is 96.8 Å². The molecule has 0 aliphatic carbocycles. The molecule has 14 heavy (non-hydrogen) atoms. The molecule has 4 heteroatoms. The summed E-state index contributed by atoms with van der Waals surface area (Å²) >= 11 is 8.93. The summed E-state index contributed by atoms with van der Waals surface area (Å²) in [6.07, 6.45) is 1.95. The molecule has 0 saturated carbocycles. The Bertz CT molecular complexity index is 343. The van der Waals surface area contributed by atoms with Crippen LogP contribution in [0.15, 0.2) is 16.6 Å². The SMILES string of the molecule is ClNCCc1cc(Br)c2c(c1)CCO2. The third-order valence-electron chi connectivity index (χ3n) is 2.31. The third kappa shape index (κ3) is 2.05. The van der Waals surface area contributed by atoms with E-state index in [9.17, 15) is 0 Å². The molecule has 1 N–H and O–H groups in total. The van der Waals surface area contributed by atoms with Crippen molar-refractivity contribution < 1.29 is 4.74 Å². The Kier molecular flexibility index (Phi) is 3.31. The molecule has 2 nitrogen and oxygen atoms in total. The van der Waals surface area contributed by atoms with Gasteiger partial charge in [0.2, 0.25) is 0 Å². The highest BCUT2D eigenvalue weighted by molar-refractivity contribution is 9.10. The summed E-state index contributed by atoms with van der Waals surface area (Å²) in [5, 5.41) is 0. The number of fused-ring (bicyclic) bond motifs is 1. The lowest BCUT2D eigenvalue weighted by Crippen LogP contribution is -2.04. The predicted octanol–water partition coefficient (Wildman–Crippen LogP) is 2.67. The molecule has 0 spiro atoms. The number of benzene rings is 1. The Balaban J connectivity index is 2.23. The summed E-state index contributed by atoms with van der Waals surface area (Å²) in [7, 11) is 0. The van der Waals surface area contributed by atoms with E-state index in [4.69, 9.17) is 16.5 Å². The van der Waals surface area contributed by atoms with Crippen LogP contribution in [0.25, 0.3) is 0 Å². The number of ether oxygens (including phenoxy) is 1. The highest BCUT2D eigenvalue weighted by Gasteiger charge is 2.16. The molecule has 0 aromatic heterocycles. The van der Waals surface area contributed by atoms with Gasteiger partial charge in [-0.1, -0.05) is 6.07 Å². The predicted molar refractivity (Wildman–Crippen MR) is 60.9 cm³/mol. The molecule has 2 rings (SSSR count). The molecular formula is C10H11BrClNO. The first-order valence-corrected chi connectivity index (χ1v) is 5.76. The van der Waals surface area contributed by atoms with Gasteiger partial charge in [0, 0.05) is 13.0 Å². The van der Waals surface area contributed by atoms with E-state index in [0.29, 0.717) is 0 Å². The van der Waals surface area contributed by atoms with Crippen molar-refractivity contribution in [3.05, 3.63) is 27.7 Å². The van der Waals surface area contributed by atoms with Gasteiger partial charge in [0.1, 0.15) is 5.75 Å². The van der Waals surface area contributed by atoms with Gasteiger partial charge < -0.3 is 4.74 Å². The van der Waals surface area contributed by atoms with Crippen LogP contribution in [0.2, 0.25) is 0 Å². The van der Waals surface area contributed by atoms with Crippen molar-refractivity contribution in [3.63, 3.8) is 0 Å². The van der Waals surface area contributed by atoms with Gasteiger partial charge in [0.25, 0.3) is 0 Å². The minimum atomic E-state index is 0.785. The van der Waals surface area contributed by atoms with Crippen molar-refractivity contribution in [2.24, 2.45) is 0 Å². The fourth-order valence-electron chi connectivity index (χ4n) is 1.66. The molecule has 1 aliphatic heterocycles. The second kappa shape index (κ2) is 4.51. The van der Waals surface area contributed by atoms with Crippen LogP contribution in [-0.4, -0.2) is 13.2 Å². The fourth-order valence-corrected chi connectivity index (χ4v) is 2.42. The van der Waals surface area contributed by atoms with Gasteiger partial charge in [0.15, 0.2) is 0 Å². The number of halogens is 2. The van der Waals surface area contributed by atoms with E-state index in [1.54, 1.807) is 0 Å². The summed E-state index contributed by atoms with van der Waals surface area (Å²) in [4.78, 5) is 2.63. The van der Waals surface area contributed by atoms with Gasteiger partial charge in [0.05, 0.1) is 11.1 Å². The van der Waals surface area contributed by atoms with E-state index in [1.165, 1.54) is 11.1 Å². The second-order valence-electron chi connectivity index (χ2n) is 3.30. The van der Waals surface area contributed by atoms with Crippen LogP contribution in [0.4, 0.5) is 0 Å². The Morgan fingerprint density at radius 1 is 1.50 bits per heavy atom. The number of nitrogens with one attached hydrogen (secondary N) is 1. The summed E-state index contributed by atoms with van der Waals surface area (Å²) in [6, 6.07) is 4.29. The van der Waals surface area contributed by atoms with E-state index < -0.39 is 0 Å². The van der Waals surface area contributed by atoms with Gasteiger partial charge in [-0.25, -0.2) is 4.84 Å². The maximum Gasteiger partial charge on any atom is 0.136 e. The molecule has 1 aromatic rings. The fraction of sp³-hybridized carbons (Fsp3) is 0.400. The van der Waals surface area contributed by atoms with Crippen molar-refractivity contribution in [3.8, 4) is 5.75 Å². The lowest BCUT2D eigenvalue weighted by molar-refractivity contribution is 0.355. The minimum absolute atomic E-state index is 0.785. The van der Waals surface area contributed by atoms with Crippen molar-refractivity contribution in [1.82, 2.24) is 4.84 Å². The van der Waals surface area contributed by atoms with Gasteiger partial charge in [-0.2, -0.15) is 0 Å². The lowest BCUT2D eigenvalue weighted by atomic mass is 10.1. The van der Waals surface area contributed by atoms with Crippen molar-refractivity contribution in [1.29, 1.82) is 0 Å². The zero-order valence-electron chi connectivity index (χ0n) is 7.65. The second-order valence-corrected chi connectivity index (χ2v) is 4.42. The van der Waals surface area contributed by atoms with E-state index in [0.717, 1.165) is 36.2 Å². The van der Waals surface area contributed by atoms with E-state index >= 15 is 0 Å². The Hall–Kier alpha value is -0.250. The van der Waals surface area contributed by atoms with Crippen LogP contribution in [0.5, 0.6) is 5.75 Å². The molecule has 1 aromatic carbocycles. The van der Waals surface area contributed by atoms with Gasteiger partial charge >= 0.3 is 0 Å². The highest BCUT2D eigenvalue weighted by Crippen LogP contribution is 2.34. The standard InChI is InChI=1S/C10H11BrClNO/c11-9-6-7(1-3-13-12)5-8-2-4-14-10(8)9/h5-6,13H,1-4H2. The first-order chi connectivity index (χ1) is 6.81. The quantitative estimate of drug-likeness (QED) is 0.857.